The fourth-order valence-electron chi connectivity index (χ4n) is 1.42. The van der Waals surface area contributed by atoms with Gasteiger partial charge in [0, 0.05) is 11.6 Å². The Labute approximate surface area is 89.3 Å². The third-order valence-electron chi connectivity index (χ3n) is 2.13. The third-order valence-corrected chi connectivity index (χ3v) is 2.13. The van der Waals surface area contributed by atoms with Crippen LogP contribution in [-0.4, -0.2) is 13.2 Å². The Morgan fingerprint density at radius 3 is 2.06 bits per heavy atom. The minimum atomic E-state index is -4.48. The topological polar surface area (TPSA) is 12.0 Å². The lowest BCUT2D eigenvalue weighted by atomic mass is 10.0. The number of hydrogen-bond donors (Lipinski definition) is 1. The lowest BCUT2D eigenvalue weighted by Gasteiger charge is -2.19. The van der Waals surface area contributed by atoms with Crippen LogP contribution in [0.2, 0.25) is 0 Å². The number of halogens is 5. The van der Waals surface area contributed by atoms with Crippen LogP contribution in [0.25, 0.3) is 0 Å². The van der Waals surface area contributed by atoms with E-state index in [1.54, 1.807) is 0 Å². The Morgan fingerprint density at radius 1 is 1.19 bits per heavy atom. The molecular weight excluding hydrogens is 229 g/mol. The molecule has 0 saturated heterocycles. The van der Waals surface area contributed by atoms with Crippen molar-refractivity contribution in [2.24, 2.45) is 0 Å². The van der Waals surface area contributed by atoms with Crippen LogP contribution in [0.4, 0.5) is 22.0 Å². The van der Waals surface area contributed by atoms with Crippen LogP contribution in [0.3, 0.4) is 0 Å². The molecule has 0 bridgehead atoms. The lowest BCUT2D eigenvalue weighted by molar-refractivity contribution is -0.140. The molecule has 1 aromatic carbocycles. The van der Waals surface area contributed by atoms with Crippen molar-refractivity contribution in [2.45, 2.75) is 18.6 Å². The highest BCUT2D eigenvalue weighted by Crippen LogP contribution is 2.31. The molecule has 0 radical (unpaired) electrons. The molecule has 0 aliphatic carbocycles. The summed E-state index contributed by atoms with van der Waals surface area (Å²) in [5.74, 6) is -1.97. The van der Waals surface area contributed by atoms with Crippen molar-refractivity contribution in [3.8, 4) is 0 Å². The first kappa shape index (κ1) is 12.9. The van der Waals surface area contributed by atoms with Crippen LogP contribution in [0.5, 0.6) is 0 Å². The van der Waals surface area contributed by atoms with Gasteiger partial charge in [-0.15, -0.1) is 0 Å². The van der Waals surface area contributed by atoms with E-state index in [0.717, 1.165) is 18.2 Å². The molecule has 0 aliphatic heterocycles. The van der Waals surface area contributed by atoms with E-state index < -0.39 is 35.8 Å². The van der Waals surface area contributed by atoms with Gasteiger partial charge in [0.05, 0.1) is 6.42 Å². The van der Waals surface area contributed by atoms with Crippen LogP contribution >= 0.6 is 0 Å². The van der Waals surface area contributed by atoms with Crippen molar-refractivity contribution in [1.29, 1.82) is 0 Å². The summed E-state index contributed by atoms with van der Waals surface area (Å²) in [6.45, 7) is 0. The summed E-state index contributed by atoms with van der Waals surface area (Å²) in [6, 6.07) is 1.55. The quantitative estimate of drug-likeness (QED) is 0.799. The van der Waals surface area contributed by atoms with E-state index >= 15 is 0 Å². The molecule has 1 nitrogen and oxygen atoms in total. The van der Waals surface area contributed by atoms with Crippen molar-refractivity contribution in [1.82, 2.24) is 5.32 Å². The molecule has 0 saturated carbocycles. The van der Waals surface area contributed by atoms with Gasteiger partial charge in [0.1, 0.15) is 11.6 Å². The normalized spacial score (nSPS) is 13.9. The van der Waals surface area contributed by atoms with Gasteiger partial charge < -0.3 is 5.32 Å². The van der Waals surface area contributed by atoms with Gasteiger partial charge in [0.2, 0.25) is 0 Å². The van der Waals surface area contributed by atoms with Crippen molar-refractivity contribution < 1.29 is 22.0 Å². The highest BCUT2D eigenvalue weighted by atomic mass is 19.4. The van der Waals surface area contributed by atoms with E-state index in [1.165, 1.54) is 7.05 Å². The van der Waals surface area contributed by atoms with Crippen LogP contribution in [0.15, 0.2) is 18.2 Å². The average molecular weight is 239 g/mol. The molecular formula is C10H10F5N. The van der Waals surface area contributed by atoms with E-state index in [0.29, 0.717) is 0 Å². The third kappa shape index (κ3) is 3.16. The fourth-order valence-corrected chi connectivity index (χ4v) is 1.42. The summed E-state index contributed by atoms with van der Waals surface area (Å²) < 4.78 is 62.9. The standard InChI is InChI=1S/C10H10F5N/c1-16-8(5-10(13,14)15)9-6(11)3-2-4-7(9)12/h2-4,8,16H,5H2,1H3. The highest BCUT2D eigenvalue weighted by Gasteiger charge is 2.34. The molecule has 6 heteroatoms. The molecule has 0 aromatic heterocycles. The fraction of sp³-hybridized carbons (Fsp3) is 0.400. The molecule has 1 atom stereocenters. The van der Waals surface area contributed by atoms with E-state index in [4.69, 9.17) is 0 Å². The largest absolute Gasteiger partial charge is 0.390 e. The zero-order valence-electron chi connectivity index (χ0n) is 8.41. The molecule has 1 unspecified atom stereocenters. The molecule has 1 rings (SSSR count). The van der Waals surface area contributed by atoms with Gasteiger partial charge in [-0.05, 0) is 19.2 Å². The van der Waals surface area contributed by atoms with Crippen molar-refractivity contribution in [3.63, 3.8) is 0 Å². The van der Waals surface area contributed by atoms with E-state index in [1.807, 2.05) is 0 Å². The Bertz CT molecular complexity index is 340. The maximum Gasteiger partial charge on any atom is 0.390 e. The minimum Gasteiger partial charge on any atom is -0.313 e. The van der Waals surface area contributed by atoms with Gasteiger partial charge in [-0.25, -0.2) is 8.78 Å². The number of rotatable bonds is 3. The number of benzene rings is 1. The van der Waals surface area contributed by atoms with Gasteiger partial charge >= 0.3 is 6.18 Å². The van der Waals surface area contributed by atoms with E-state index in [-0.39, 0.29) is 0 Å². The molecule has 0 heterocycles. The van der Waals surface area contributed by atoms with E-state index in [9.17, 15) is 22.0 Å². The Hall–Kier alpha value is -1.17. The van der Waals surface area contributed by atoms with Crippen LogP contribution in [0.1, 0.15) is 18.0 Å². The first-order valence-electron chi connectivity index (χ1n) is 4.53. The summed E-state index contributed by atoms with van der Waals surface area (Å²) in [5.41, 5.74) is -0.581. The summed E-state index contributed by atoms with van der Waals surface area (Å²) in [4.78, 5) is 0. The number of alkyl halides is 3. The molecule has 1 N–H and O–H groups in total. The average Bonchev–Trinajstić information content (AvgIpc) is 2.14. The van der Waals surface area contributed by atoms with Crippen LogP contribution in [0, 0.1) is 11.6 Å². The Balaban J connectivity index is 3.04. The summed E-state index contributed by atoms with van der Waals surface area (Å²) in [6.07, 6.45) is -5.80. The minimum absolute atomic E-state index is 0.581. The summed E-state index contributed by atoms with van der Waals surface area (Å²) in [7, 11) is 1.22. The first-order valence-corrected chi connectivity index (χ1v) is 4.53. The lowest BCUT2D eigenvalue weighted by Crippen LogP contribution is -2.25. The maximum absolute atomic E-state index is 13.2. The molecule has 0 amide bonds. The number of nitrogens with one attached hydrogen (secondary N) is 1. The zero-order valence-corrected chi connectivity index (χ0v) is 8.41. The molecule has 90 valence electrons. The van der Waals surface area contributed by atoms with Crippen molar-refractivity contribution in [2.75, 3.05) is 7.05 Å². The van der Waals surface area contributed by atoms with Gasteiger partial charge in [-0.2, -0.15) is 13.2 Å². The first-order chi connectivity index (χ1) is 7.35. The summed E-state index contributed by atoms with van der Waals surface area (Å²) >= 11 is 0. The molecule has 16 heavy (non-hydrogen) atoms. The van der Waals surface area contributed by atoms with Crippen LogP contribution < -0.4 is 5.32 Å². The molecule has 0 fully saturated rings. The second kappa shape index (κ2) is 4.78. The SMILES string of the molecule is CNC(CC(F)(F)F)c1c(F)cccc1F. The molecule has 0 spiro atoms. The second-order valence-corrected chi connectivity index (χ2v) is 3.30. The van der Waals surface area contributed by atoms with Crippen molar-refractivity contribution >= 4 is 0 Å². The Kier molecular flexibility index (Phi) is 3.85. The molecule has 0 aliphatic rings. The van der Waals surface area contributed by atoms with Gasteiger partial charge in [0.15, 0.2) is 0 Å². The highest BCUT2D eigenvalue weighted by molar-refractivity contribution is 5.23. The van der Waals surface area contributed by atoms with E-state index in [2.05, 4.69) is 5.32 Å². The second-order valence-electron chi connectivity index (χ2n) is 3.30. The number of hydrogen-bond acceptors (Lipinski definition) is 1. The maximum atomic E-state index is 13.2. The summed E-state index contributed by atoms with van der Waals surface area (Å²) in [5, 5.41) is 2.26. The van der Waals surface area contributed by atoms with Gasteiger partial charge in [-0.3, -0.25) is 0 Å². The van der Waals surface area contributed by atoms with Gasteiger partial charge in [-0.1, -0.05) is 6.07 Å². The predicted molar refractivity (Wildman–Crippen MR) is 48.8 cm³/mol. The monoisotopic (exact) mass is 239 g/mol. The predicted octanol–water partition coefficient (Wildman–Crippen LogP) is 3.18. The smallest absolute Gasteiger partial charge is 0.313 e. The van der Waals surface area contributed by atoms with Crippen LogP contribution in [-0.2, 0) is 0 Å². The molecule has 1 aromatic rings. The zero-order chi connectivity index (χ0) is 12.3. The van der Waals surface area contributed by atoms with Gasteiger partial charge in [0.25, 0.3) is 0 Å². The Morgan fingerprint density at radius 2 is 1.69 bits per heavy atom. The van der Waals surface area contributed by atoms with Crippen molar-refractivity contribution in [3.05, 3.63) is 35.4 Å².